The van der Waals surface area contributed by atoms with Gasteiger partial charge in [0.1, 0.15) is 4.21 Å². The summed E-state index contributed by atoms with van der Waals surface area (Å²) in [6.45, 7) is 2.69. The summed E-state index contributed by atoms with van der Waals surface area (Å²) in [7, 11) is -3.48. The summed E-state index contributed by atoms with van der Waals surface area (Å²) >= 11 is 1.11. The normalized spacial score (nSPS) is 20.9. The third-order valence-electron chi connectivity index (χ3n) is 2.66. The summed E-state index contributed by atoms with van der Waals surface area (Å²) in [6.07, 6.45) is 0.705. The van der Waals surface area contributed by atoms with Crippen molar-refractivity contribution in [3.05, 3.63) is 16.5 Å². The van der Waals surface area contributed by atoms with Crippen LogP contribution in [0.5, 0.6) is 0 Å². The Labute approximate surface area is 104 Å². The van der Waals surface area contributed by atoms with Crippen LogP contribution in [0.3, 0.4) is 0 Å². The molecule has 1 atom stereocenters. The van der Waals surface area contributed by atoms with Gasteiger partial charge in [0.2, 0.25) is 10.0 Å². The molecule has 5 nitrogen and oxygen atoms in total. The van der Waals surface area contributed by atoms with Crippen molar-refractivity contribution in [2.24, 2.45) is 0 Å². The Bertz CT molecular complexity index is 488. The first kappa shape index (κ1) is 13.0. The molecule has 0 radical (unpaired) electrons. The fourth-order valence-corrected chi connectivity index (χ4v) is 4.40. The van der Waals surface area contributed by atoms with Crippen LogP contribution in [0.2, 0.25) is 0 Å². The van der Waals surface area contributed by atoms with E-state index in [-0.39, 0.29) is 16.9 Å². The van der Waals surface area contributed by atoms with Gasteiger partial charge in [-0.15, -0.1) is 11.3 Å². The van der Waals surface area contributed by atoms with Crippen LogP contribution in [0.4, 0.5) is 0 Å². The molecular weight excluding hydrogens is 262 g/mol. The molecule has 0 bridgehead atoms. The van der Waals surface area contributed by atoms with Crippen LogP contribution in [0.1, 0.15) is 16.9 Å². The molecule has 7 heteroatoms. The van der Waals surface area contributed by atoms with Gasteiger partial charge in [0.05, 0.1) is 13.2 Å². The Morgan fingerprint density at radius 2 is 2.41 bits per heavy atom. The number of hydrogen-bond acceptors (Lipinski definition) is 5. The summed E-state index contributed by atoms with van der Waals surface area (Å²) in [5, 5.41) is 9.06. The average molecular weight is 277 g/mol. The topological polar surface area (TPSA) is 75.6 Å². The Morgan fingerprint density at radius 3 is 2.94 bits per heavy atom. The van der Waals surface area contributed by atoms with Crippen LogP contribution in [0.25, 0.3) is 0 Å². The molecule has 1 aliphatic rings. The number of aliphatic hydroxyl groups is 1. The maximum atomic E-state index is 12.0. The van der Waals surface area contributed by atoms with Gasteiger partial charge in [-0.25, -0.2) is 13.1 Å². The SMILES string of the molecule is Cc1cc(S(=O)(=O)NC2CCOC2)sc1CO. The van der Waals surface area contributed by atoms with Crippen molar-refractivity contribution in [3.63, 3.8) is 0 Å². The summed E-state index contributed by atoms with van der Waals surface area (Å²) in [5.74, 6) is 0. The molecule has 2 heterocycles. The van der Waals surface area contributed by atoms with E-state index in [0.29, 0.717) is 24.5 Å². The second kappa shape index (κ2) is 5.03. The van der Waals surface area contributed by atoms with Crippen LogP contribution in [0, 0.1) is 6.92 Å². The summed E-state index contributed by atoms with van der Waals surface area (Å²) in [6, 6.07) is 1.45. The Kier molecular flexibility index (Phi) is 3.84. The monoisotopic (exact) mass is 277 g/mol. The molecule has 2 rings (SSSR count). The molecule has 1 aliphatic heterocycles. The van der Waals surface area contributed by atoms with Crippen molar-refractivity contribution in [1.82, 2.24) is 4.72 Å². The molecular formula is C10H15NO4S2. The van der Waals surface area contributed by atoms with Crippen LogP contribution in [0.15, 0.2) is 10.3 Å². The third-order valence-corrected chi connectivity index (χ3v) is 5.87. The van der Waals surface area contributed by atoms with Gasteiger partial charge in [0, 0.05) is 17.5 Å². The van der Waals surface area contributed by atoms with E-state index in [2.05, 4.69) is 4.72 Å². The van der Waals surface area contributed by atoms with Gasteiger partial charge in [-0.1, -0.05) is 0 Å². The molecule has 2 N–H and O–H groups in total. The van der Waals surface area contributed by atoms with Crippen LogP contribution >= 0.6 is 11.3 Å². The predicted octanol–water partition coefficient (Wildman–Crippen LogP) is 0.616. The second-order valence-electron chi connectivity index (χ2n) is 4.01. The first-order valence-corrected chi connectivity index (χ1v) is 7.63. The standard InChI is InChI=1S/C10H15NO4S2/c1-7-4-10(16-9(7)5-12)17(13,14)11-8-2-3-15-6-8/h4,8,11-12H,2-3,5-6H2,1H3. The molecule has 1 unspecified atom stereocenters. The molecule has 1 aromatic heterocycles. The zero-order chi connectivity index (χ0) is 12.5. The first-order valence-electron chi connectivity index (χ1n) is 5.33. The Morgan fingerprint density at radius 1 is 1.65 bits per heavy atom. The van der Waals surface area contributed by atoms with Crippen molar-refractivity contribution < 1.29 is 18.3 Å². The minimum absolute atomic E-state index is 0.126. The van der Waals surface area contributed by atoms with Gasteiger partial charge in [-0.2, -0.15) is 0 Å². The second-order valence-corrected chi connectivity index (χ2v) is 7.09. The van der Waals surface area contributed by atoms with Gasteiger partial charge < -0.3 is 9.84 Å². The van der Waals surface area contributed by atoms with E-state index in [4.69, 9.17) is 9.84 Å². The van der Waals surface area contributed by atoms with Gasteiger partial charge in [-0.05, 0) is 25.0 Å². The highest BCUT2D eigenvalue weighted by Crippen LogP contribution is 2.26. The van der Waals surface area contributed by atoms with Gasteiger partial charge in [0.15, 0.2) is 0 Å². The zero-order valence-electron chi connectivity index (χ0n) is 9.47. The molecule has 1 saturated heterocycles. The summed E-state index contributed by atoms with van der Waals surface area (Å²) in [4.78, 5) is 0.688. The molecule has 0 aliphatic carbocycles. The number of ether oxygens (including phenoxy) is 1. The lowest BCUT2D eigenvalue weighted by atomic mass is 10.3. The molecule has 0 amide bonds. The maximum absolute atomic E-state index is 12.0. The van der Waals surface area contributed by atoms with Crippen molar-refractivity contribution in [2.75, 3.05) is 13.2 Å². The minimum atomic E-state index is -3.48. The van der Waals surface area contributed by atoms with Gasteiger partial charge >= 0.3 is 0 Å². The highest BCUT2D eigenvalue weighted by atomic mass is 32.2. The lowest BCUT2D eigenvalue weighted by Crippen LogP contribution is -2.34. The van der Waals surface area contributed by atoms with Gasteiger partial charge in [0.25, 0.3) is 0 Å². The van der Waals surface area contributed by atoms with E-state index in [0.717, 1.165) is 16.9 Å². The maximum Gasteiger partial charge on any atom is 0.250 e. The smallest absolute Gasteiger partial charge is 0.250 e. The number of nitrogens with one attached hydrogen (secondary N) is 1. The largest absolute Gasteiger partial charge is 0.391 e. The Balaban J connectivity index is 2.18. The van der Waals surface area contributed by atoms with E-state index in [9.17, 15) is 8.42 Å². The average Bonchev–Trinajstić information content (AvgIpc) is 2.87. The van der Waals surface area contributed by atoms with Crippen LogP contribution < -0.4 is 4.72 Å². The number of thiophene rings is 1. The van der Waals surface area contributed by atoms with Gasteiger partial charge in [-0.3, -0.25) is 0 Å². The van der Waals surface area contributed by atoms with Crippen molar-refractivity contribution in [1.29, 1.82) is 0 Å². The predicted molar refractivity (Wildman–Crippen MR) is 64.5 cm³/mol. The van der Waals surface area contributed by atoms with Crippen LogP contribution in [-0.2, 0) is 21.4 Å². The summed E-state index contributed by atoms with van der Waals surface area (Å²) in [5.41, 5.74) is 0.806. The van der Waals surface area contributed by atoms with Crippen molar-refractivity contribution in [2.45, 2.75) is 30.2 Å². The zero-order valence-corrected chi connectivity index (χ0v) is 11.1. The molecule has 0 aromatic carbocycles. The fraction of sp³-hybridized carbons (Fsp3) is 0.600. The van der Waals surface area contributed by atoms with E-state index >= 15 is 0 Å². The van der Waals surface area contributed by atoms with Crippen molar-refractivity contribution in [3.8, 4) is 0 Å². The number of rotatable bonds is 4. The lowest BCUT2D eigenvalue weighted by Gasteiger charge is -2.09. The van der Waals surface area contributed by atoms with E-state index in [1.165, 1.54) is 0 Å². The van der Waals surface area contributed by atoms with Crippen molar-refractivity contribution >= 4 is 21.4 Å². The molecule has 1 aromatic rings. The lowest BCUT2D eigenvalue weighted by molar-refractivity contribution is 0.192. The van der Waals surface area contributed by atoms with E-state index in [1.807, 2.05) is 0 Å². The molecule has 1 fully saturated rings. The fourth-order valence-electron chi connectivity index (χ4n) is 1.68. The number of hydrogen-bond donors (Lipinski definition) is 2. The quantitative estimate of drug-likeness (QED) is 0.846. The first-order chi connectivity index (χ1) is 8.03. The molecule has 96 valence electrons. The molecule has 17 heavy (non-hydrogen) atoms. The number of aliphatic hydroxyl groups excluding tert-OH is 1. The highest BCUT2D eigenvalue weighted by molar-refractivity contribution is 7.91. The Hall–Kier alpha value is -0.470. The minimum Gasteiger partial charge on any atom is -0.391 e. The molecule has 0 saturated carbocycles. The highest BCUT2D eigenvalue weighted by Gasteiger charge is 2.25. The molecule has 0 spiro atoms. The van der Waals surface area contributed by atoms with Crippen LogP contribution in [-0.4, -0.2) is 32.8 Å². The van der Waals surface area contributed by atoms with E-state index < -0.39 is 10.0 Å². The number of aryl methyl sites for hydroxylation is 1. The number of sulfonamides is 1. The van der Waals surface area contributed by atoms with E-state index in [1.54, 1.807) is 13.0 Å². The third kappa shape index (κ3) is 2.86. The summed E-state index contributed by atoms with van der Waals surface area (Å²) < 4.78 is 32.1.